The van der Waals surface area contributed by atoms with E-state index in [4.69, 9.17) is 0 Å². The molecule has 2 aliphatic carbocycles. The first-order valence-corrected chi connectivity index (χ1v) is 6.35. The van der Waals surface area contributed by atoms with Crippen LogP contribution in [0.15, 0.2) is 11.8 Å². The maximum Gasteiger partial charge on any atom is 0.534 e. The van der Waals surface area contributed by atoms with Gasteiger partial charge in [-0.15, -0.1) is 0 Å². The highest BCUT2D eigenvalue weighted by atomic mass is 32.2. The van der Waals surface area contributed by atoms with Crippen molar-refractivity contribution in [3.05, 3.63) is 11.8 Å². The van der Waals surface area contributed by atoms with Crippen molar-refractivity contribution in [3.8, 4) is 0 Å². The predicted molar refractivity (Wildman–Crippen MR) is 49.7 cm³/mol. The molecule has 0 saturated heterocycles. The molecule has 16 heavy (non-hydrogen) atoms. The number of allylic oxidation sites excluding steroid dienone is 2. The van der Waals surface area contributed by atoms with E-state index < -0.39 is 15.6 Å². The Hall–Kier alpha value is -0.720. The van der Waals surface area contributed by atoms with Gasteiger partial charge < -0.3 is 4.18 Å². The van der Waals surface area contributed by atoms with Crippen LogP contribution in [0.3, 0.4) is 0 Å². The molecule has 92 valence electrons. The van der Waals surface area contributed by atoms with E-state index in [-0.39, 0.29) is 17.6 Å². The van der Waals surface area contributed by atoms with Crippen LogP contribution in [0.2, 0.25) is 0 Å². The molecular formula is C9H11F3O3S. The number of rotatable bonds is 2. The van der Waals surface area contributed by atoms with Gasteiger partial charge in [0.2, 0.25) is 0 Å². The summed E-state index contributed by atoms with van der Waals surface area (Å²) in [6, 6.07) is 0. The summed E-state index contributed by atoms with van der Waals surface area (Å²) in [6.07, 6.45) is 5.22. The van der Waals surface area contributed by atoms with Crippen LogP contribution < -0.4 is 0 Å². The van der Waals surface area contributed by atoms with Crippen LogP contribution >= 0.6 is 0 Å². The summed E-state index contributed by atoms with van der Waals surface area (Å²) in [5, 5.41) is 0. The van der Waals surface area contributed by atoms with Crippen LogP contribution in [-0.2, 0) is 14.3 Å². The van der Waals surface area contributed by atoms with Crippen LogP contribution in [0.1, 0.15) is 32.1 Å². The lowest BCUT2D eigenvalue weighted by Crippen LogP contribution is -2.26. The molecule has 1 fully saturated rings. The Kier molecular flexibility index (Phi) is 2.49. The molecule has 0 N–H and O–H groups in total. The molecule has 7 heteroatoms. The van der Waals surface area contributed by atoms with E-state index in [0.29, 0.717) is 12.8 Å². The van der Waals surface area contributed by atoms with Crippen molar-refractivity contribution in [2.45, 2.75) is 37.6 Å². The summed E-state index contributed by atoms with van der Waals surface area (Å²) in [6.45, 7) is 0. The zero-order valence-electron chi connectivity index (χ0n) is 8.38. The third-order valence-electron chi connectivity index (χ3n) is 3.12. The van der Waals surface area contributed by atoms with E-state index in [9.17, 15) is 21.6 Å². The Morgan fingerprint density at radius 1 is 1.25 bits per heavy atom. The highest BCUT2D eigenvalue weighted by Crippen LogP contribution is 2.55. The monoisotopic (exact) mass is 256 g/mol. The average molecular weight is 256 g/mol. The fourth-order valence-electron chi connectivity index (χ4n) is 1.82. The maximum atomic E-state index is 12.0. The van der Waals surface area contributed by atoms with Crippen LogP contribution in [0.5, 0.6) is 0 Å². The number of hydrogen-bond acceptors (Lipinski definition) is 3. The molecule has 0 aromatic carbocycles. The molecule has 2 aliphatic rings. The first-order valence-electron chi connectivity index (χ1n) is 4.94. The quantitative estimate of drug-likeness (QED) is 0.563. The number of hydrogen-bond donors (Lipinski definition) is 0. The van der Waals surface area contributed by atoms with Crippen molar-refractivity contribution in [2.24, 2.45) is 5.41 Å². The molecule has 0 radical (unpaired) electrons. The first-order chi connectivity index (χ1) is 7.24. The normalized spacial score (nSPS) is 24.1. The predicted octanol–water partition coefficient (Wildman–Crippen LogP) is 2.70. The second-order valence-corrected chi connectivity index (χ2v) is 5.90. The molecule has 0 amide bonds. The van der Waals surface area contributed by atoms with E-state index in [2.05, 4.69) is 4.18 Å². The van der Waals surface area contributed by atoms with Gasteiger partial charge in [0, 0.05) is 6.42 Å². The summed E-state index contributed by atoms with van der Waals surface area (Å²) in [4.78, 5) is 0. The van der Waals surface area contributed by atoms with Crippen LogP contribution in [-0.4, -0.2) is 13.9 Å². The van der Waals surface area contributed by atoms with Crippen molar-refractivity contribution in [1.82, 2.24) is 0 Å². The highest BCUT2D eigenvalue weighted by molar-refractivity contribution is 7.87. The third kappa shape index (κ3) is 2.18. The Morgan fingerprint density at radius 3 is 2.25 bits per heavy atom. The van der Waals surface area contributed by atoms with Gasteiger partial charge in [-0.3, -0.25) is 0 Å². The van der Waals surface area contributed by atoms with Gasteiger partial charge in [-0.1, -0.05) is 0 Å². The summed E-state index contributed by atoms with van der Waals surface area (Å²) in [5.74, 6) is -0.0742. The smallest absolute Gasteiger partial charge is 0.381 e. The SMILES string of the molecule is O=S(=O)(OC1=CCC2(CC1)CC2)C(F)(F)F. The van der Waals surface area contributed by atoms with Gasteiger partial charge in [-0.25, -0.2) is 0 Å². The Labute approximate surface area is 91.4 Å². The van der Waals surface area contributed by atoms with E-state index >= 15 is 0 Å². The number of alkyl halides is 3. The Balaban J connectivity index is 2.04. The topological polar surface area (TPSA) is 43.4 Å². The van der Waals surface area contributed by atoms with Gasteiger partial charge >= 0.3 is 15.6 Å². The maximum absolute atomic E-state index is 12.0. The molecule has 0 aromatic rings. The molecule has 0 unspecified atom stereocenters. The van der Waals surface area contributed by atoms with Crippen molar-refractivity contribution < 1.29 is 25.8 Å². The van der Waals surface area contributed by atoms with E-state index in [0.717, 1.165) is 12.8 Å². The Bertz CT molecular complexity index is 418. The lowest BCUT2D eigenvalue weighted by Gasteiger charge is -2.21. The fraction of sp³-hybridized carbons (Fsp3) is 0.778. The van der Waals surface area contributed by atoms with Gasteiger partial charge in [-0.2, -0.15) is 21.6 Å². The largest absolute Gasteiger partial charge is 0.534 e. The molecule has 0 aliphatic heterocycles. The summed E-state index contributed by atoms with van der Waals surface area (Å²) in [7, 11) is -5.48. The standard InChI is InChI=1S/C9H11F3O3S/c10-9(11,12)16(13,14)15-7-1-3-8(4-2-7)5-6-8/h1H,2-6H2. The lowest BCUT2D eigenvalue weighted by atomic mass is 9.90. The molecule has 0 atom stereocenters. The molecule has 3 nitrogen and oxygen atoms in total. The average Bonchev–Trinajstić information content (AvgIpc) is 2.88. The molecule has 1 saturated carbocycles. The summed E-state index contributed by atoms with van der Waals surface area (Å²) in [5.41, 5.74) is -5.11. The van der Waals surface area contributed by atoms with Crippen molar-refractivity contribution in [1.29, 1.82) is 0 Å². The van der Waals surface area contributed by atoms with Crippen LogP contribution in [0.25, 0.3) is 0 Å². The van der Waals surface area contributed by atoms with Crippen molar-refractivity contribution in [2.75, 3.05) is 0 Å². The second kappa shape index (κ2) is 3.38. The van der Waals surface area contributed by atoms with Crippen molar-refractivity contribution >= 4 is 10.1 Å². The minimum absolute atomic E-state index is 0.0742. The van der Waals surface area contributed by atoms with Gasteiger partial charge in [0.25, 0.3) is 0 Å². The zero-order chi connectivity index (χ0) is 12.0. The third-order valence-corrected chi connectivity index (χ3v) is 4.12. The number of halogens is 3. The molecule has 0 aromatic heterocycles. The Morgan fingerprint density at radius 2 is 1.88 bits per heavy atom. The minimum Gasteiger partial charge on any atom is -0.381 e. The summed E-state index contributed by atoms with van der Waals surface area (Å²) < 4.78 is 61.5. The van der Waals surface area contributed by atoms with Gasteiger partial charge in [-0.05, 0) is 37.2 Å². The first kappa shape index (κ1) is 11.8. The van der Waals surface area contributed by atoms with Gasteiger partial charge in [0.1, 0.15) is 5.76 Å². The van der Waals surface area contributed by atoms with Crippen molar-refractivity contribution in [3.63, 3.8) is 0 Å². The highest BCUT2D eigenvalue weighted by Gasteiger charge is 2.50. The van der Waals surface area contributed by atoms with Gasteiger partial charge in [0.05, 0.1) is 0 Å². The van der Waals surface area contributed by atoms with E-state index in [1.165, 1.54) is 6.08 Å². The molecule has 0 bridgehead atoms. The lowest BCUT2D eigenvalue weighted by molar-refractivity contribution is -0.0524. The second-order valence-electron chi connectivity index (χ2n) is 4.36. The fourth-order valence-corrected chi connectivity index (χ4v) is 2.35. The van der Waals surface area contributed by atoms with Crippen LogP contribution in [0, 0.1) is 5.41 Å². The van der Waals surface area contributed by atoms with Gasteiger partial charge in [0.15, 0.2) is 0 Å². The molecule has 0 heterocycles. The van der Waals surface area contributed by atoms with E-state index in [1.54, 1.807) is 0 Å². The zero-order valence-corrected chi connectivity index (χ0v) is 9.20. The molecule has 2 rings (SSSR count). The van der Waals surface area contributed by atoms with E-state index in [1.807, 2.05) is 0 Å². The van der Waals surface area contributed by atoms with Crippen LogP contribution in [0.4, 0.5) is 13.2 Å². The molecular weight excluding hydrogens is 245 g/mol. The minimum atomic E-state index is -5.48. The summed E-state index contributed by atoms with van der Waals surface area (Å²) >= 11 is 0. The molecule has 1 spiro atoms.